The van der Waals surface area contributed by atoms with Gasteiger partial charge in [0.2, 0.25) is 0 Å². The predicted molar refractivity (Wildman–Crippen MR) is 91.1 cm³/mol. The molecule has 0 saturated carbocycles. The van der Waals surface area contributed by atoms with Crippen molar-refractivity contribution in [3.05, 3.63) is 44.9 Å². The average Bonchev–Trinajstić information content (AvgIpc) is 3.06. The fourth-order valence-corrected chi connectivity index (χ4v) is 3.65. The van der Waals surface area contributed by atoms with Gasteiger partial charge in [-0.2, -0.15) is 0 Å². The molecule has 0 aliphatic carbocycles. The molecule has 1 N–H and O–H groups in total. The summed E-state index contributed by atoms with van der Waals surface area (Å²) < 4.78 is 8.55. The van der Waals surface area contributed by atoms with Gasteiger partial charge in [0, 0.05) is 9.75 Å². The summed E-state index contributed by atoms with van der Waals surface area (Å²) in [6.45, 7) is 5.62. The Morgan fingerprint density at radius 1 is 1.19 bits per heavy atom. The molecule has 0 radical (unpaired) electrons. The van der Waals surface area contributed by atoms with Crippen molar-refractivity contribution in [3.8, 4) is 5.75 Å². The number of rotatable bonds is 5. The minimum Gasteiger partial charge on any atom is -0.492 e. The Labute approximate surface area is 133 Å². The van der Waals surface area contributed by atoms with Gasteiger partial charge in [0.25, 0.3) is 0 Å². The number of hydrogen-bond donors (Lipinski definition) is 1. The number of aryl methyl sites for hydroxylation is 1. The molecule has 110 valence electrons. The van der Waals surface area contributed by atoms with E-state index in [-0.39, 0.29) is 0 Å². The Hall–Kier alpha value is -1.59. The molecule has 21 heavy (non-hydrogen) atoms. The minimum atomic E-state index is 0.648. The summed E-state index contributed by atoms with van der Waals surface area (Å²) in [5.41, 5.74) is 2.08. The molecule has 0 unspecified atom stereocenters. The number of ether oxygens (including phenoxy) is 1. The number of nitrogens with one attached hydrogen (secondary N) is 1. The molecule has 0 bridgehead atoms. The van der Waals surface area contributed by atoms with Crippen LogP contribution >= 0.6 is 23.6 Å². The van der Waals surface area contributed by atoms with Crippen molar-refractivity contribution in [1.82, 2.24) is 9.55 Å². The van der Waals surface area contributed by atoms with E-state index in [1.54, 1.807) is 0 Å². The van der Waals surface area contributed by atoms with E-state index in [0.29, 0.717) is 6.61 Å². The zero-order valence-corrected chi connectivity index (χ0v) is 13.8. The first kappa shape index (κ1) is 14.4. The molecule has 1 aromatic carbocycles. The van der Waals surface area contributed by atoms with Crippen molar-refractivity contribution in [3.63, 3.8) is 0 Å². The van der Waals surface area contributed by atoms with Crippen LogP contribution in [0.3, 0.4) is 0 Å². The van der Waals surface area contributed by atoms with Crippen LogP contribution in [0.5, 0.6) is 5.75 Å². The van der Waals surface area contributed by atoms with Crippen LogP contribution in [0.4, 0.5) is 0 Å². The molecule has 3 rings (SSSR count). The van der Waals surface area contributed by atoms with Crippen molar-refractivity contribution in [1.29, 1.82) is 0 Å². The molecule has 3 aromatic rings. The van der Waals surface area contributed by atoms with Gasteiger partial charge in [0.1, 0.15) is 11.3 Å². The largest absolute Gasteiger partial charge is 0.492 e. The molecule has 0 atom stereocenters. The maximum atomic E-state index is 5.67. The lowest BCUT2D eigenvalue weighted by molar-refractivity contribution is 0.343. The summed E-state index contributed by atoms with van der Waals surface area (Å²) in [5, 5.41) is 0. The molecule has 0 spiro atoms. The normalized spacial score (nSPS) is 11.1. The van der Waals surface area contributed by atoms with Gasteiger partial charge in [-0.05, 0) is 49.8 Å². The van der Waals surface area contributed by atoms with E-state index in [2.05, 4.69) is 34.7 Å². The van der Waals surface area contributed by atoms with Crippen LogP contribution in [-0.4, -0.2) is 16.2 Å². The molecule has 2 heterocycles. The highest BCUT2D eigenvalue weighted by molar-refractivity contribution is 7.71. The van der Waals surface area contributed by atoms with Crippen LogP contribution in [0.2, 0.25) is 0 Å². The highest BCUT2D eigenvalue weighted by Crippen LogP contribution is 2.27. The molecule has 0 aliphatic rings. The Balaban J connectivity index is 2.04. The molecule has 5 heteroatoms. The third kappa shape index (κ3) is 2.76. The molecule has 0 saturated heterocycles. The SMILES string of the molecule is CCOc1cccc2c1[nH]c(=S)n2Cc1ccc(CC)s1. The van der Waals surface area contributed by atoms with E-state index < -0.39 is 0 Å². The molecule has 2 aromatic heterocycles. The number of H-pyrrole nitrogens is 1. The average molecular weight is 318 g/mol. The summed E-state index contributed by atoms with van der Waals surface area (Å²) in [6, 6.07) is 10.5. The van der Waals surface area contributed by atoms with E-state index >= 15 is 0 Å². The van der Waals surface area contributed by atoms with E-state index in [1.807, 2.05) is 30.4 Å². The fraction of sp³-hybridized carbons (Fsp3) is 0.312. The van der Waals surface area contributed by atoms with Gasteiger partial charge in [-0.3, -0.25) is 0 Å². The Morgan fingerprint density at radius 2 is 2.00 bits per heavy atom. The quantitative estimate of drug-likeness (QED) is 0.687. The lowest BCUT2D eigenvalue weighted by Crippen LogP contribution is -1.97. The first-order valence-electron chi connectivity index (χ1n) is 7.14. The number of imidazole rings is 1. The number of benzene rings is 1. The number of hydrogen-bond acceptors (Lipinski definition) is 3. The van der Waals surface area contributed by atoms with Crippen molar-refractivity contribution < 1.29 is 4.74 Å². The lowest BCUT2D eigenvalue weighted by Gasteiger charge is -2.05. The van der Waals surface area contributed by atoms with Crippen molar-refractivity contribution in [2.45, 2.75) is 26.8 Å². The Morgan fingerprint density at radius 3 is 2.71 bits per heavy atom. The van der Waals surface area contributed by atoms with E-state index in [9.17, 15) is 0 Å². The Bertz CT molecular complexity index is 813. The van der Waals surface area contributed by atoms with Crippen LogP contribution in [0.15, 0.2) is 30.3 Å². The van der Waals surface area contributed by atoms with Crippen molar-refractivity contribution in [2.24, 2.45) is 0 Å². The number of thiophene rings is 1. The molecule has 0 fully saturated rings. The van der Waals surface area contributed by atoms with Gasteiger partial charge >= 0.3 is 0 Å². The van der Waals surface area contributed by atoms with Gasteiger partial charge in [-0.15, -0.1) is 11.3 Å². The minimum absolute atomic E-state index is 0.648. The second-order valence-electron chi connectivity index (χ2n) is 4.82. The number of aromatic nitrogens is 2. The number of fused-ring (bicyclic) bond motifs is 1. The van der Waals surface area contributed by atoms with Gasteiger partial charge < -0.3 is 14.3 Å². The number of para-hydroxylation sites is 1. The van der Waals surface area contributed by atoms with Gasteiger partial charge in [0.15, 0.2) is 4.77 Å². The van der Waals surface area contributed by atoms with Gasteiger partial charge in [0.05, 0.1) is 18.7 Å². The lowest BCUT2D eigenvalue weighted by atomic mass is 10.3. The molecule has 3 nitrogen and oxygen atoms in total. The summed E-state index contributed by atoms with van der Waals surface area (Å²) in [6.07, 6.45) is 1.08. The fourth-order valence-electron chi connectivity index (χ4n) is 2.44. The maximum Gasteiger partial charge on any atom is 0.178 e. The number of aromatic amines is 1. The van der Waals surface area contributed by atoms with Crippen LogP contribution in [0.1, 0.15) is 23.6 Å². The van der Waals surface area contributed by atoms with Crippen molar-refractivity contribution >= 4 is 34.6 Å². The van der Waals surface area contributed by atoms with Crippen LogP contribution in [0, 0.1) is 4.77 Å². The maximum absolute atomic E-state index is 5.67. The third-order valence-corrected chi connectivity index (χ3v) is 4.99. The van der Waals surface area contributed by atoms with Gasteiger partial charge in [-0.25, -0.2) is 0 Å². The molecular weight excluding hydrogens is 300 g/mol. The van der Waals surface area contributed by atoms with Crippen LogP contribution in [0.25, 0.3) is 11.0 Å². The zero-order valence-electron chi connectivity index (χ0n) is 12.2. The van der Waals surface area contributed by atoms with E-state index in [4.69, 9.17) is 17.0 Å². The summed E-state index contributed by atoms with van der Waals surface area (Å²) >= 11 is 7.34. The van der Waals surface area contributed by atoms with Crippen LogP contribution < -0.4 is 4.74 Å². The molecule has 0 aliphatic heterocycles. The topological polar surface area (TPSA) is 29.9 Å². The zero-order chi connectivity index (χ0) is 14.8. The van der Waals surface area contributed by atoms with E-state index in [1.165, 1.54) is 9.75 Å². The highest BCUT2D eigenvalue weighted by Gasteiger charge is 2.10. The molecule has 0 amide bonds. The Kier molecular flexibility index (Phi) is 4.12. The number of nitrogens with zero attached hydrogens (tertiary/aromatic N) is 1. The van der Waals surface area contributed by atoms with E-state index in [0.717, 1.165) is 34.5 Å². The monoisotopic (exact) mass is 318 g/mol. The summed E-state index contributed by atoms with van der Waals surface area (Å²) in [4.78, 5) is 6.01. The van der Waals surface area contributed by atoms with Crippen molar-refractivity contribution in [2.75, 3.05) is 6.61 Å². The second kappa shape index (κ2) is 6.03. The van der Waals surface area contributed by atoms with Gasteiger partial charge in [-0.1, -0.05) is 13.0 Å². The summed E-state index contributed by atoms with van der Waals surface area (Å²) in [7, 11) is 0. The standard InChI is InChI=1S/C16H18N2OS2/c1-3-11-8-9-12(21-11)10-18-13-6-5-7-14(19-4-2)15(13)17-16(18)20/h5-9H,3-4,10H2,1-2H3,(H,17,20). The summed E-state index contributed by atoms with van der Waals surface area (Å²) in [5.74, 6) is 0.861. The second-order valence-corrected chi connectivity index (χ2v) is 6.46. The predicted octanol–water partition coefficient (Wildman–Crippen LogP) is 4.77. The highest BCUT2D eigenvalue weighted by atomic mass is 32.1. The molecular formula is C16H18N2OS2. The first-order chi connectivity index (χ1) is 10.2. The smallest absolute Gasteiger partial charge is 0.178 e. The first-order valence-corrected chi connectivity index (χ1v) is 8.37. The van der Waals surface area contributed by atoms with Crippen LogP contribution in [-0.2, 0) is 13.0 Å². The third-order valence-electron chi connectivity index (χ3n) is 3.45.